The summed E-state index contributed by atoms with van der Waals surface area (Å²) in [5, 5.41) is 4.71. The molecule has 1 unspecified atom stereocenters. The molecular formula is C13H11BrFN3O3. The molecule has 1 aromatic carbocycles. The number of amides is 4. The van der Waals surface area contributed by atoms with Crippen LogP contribution in [0.25, 0.3) is 0 Å². The summed E-state index contributed by atoms with van der Waals surface area (Å²) in [6, 6.07) is 3.89. The average Bonchev–Trinajstić information content (AvgIpc) is 2.97. The van der Waals surface area contributed by atoms with E-state index in [1.54, 1.807) is 6.07 Å². The lowest BCUT2D eigenvalue weighted by atomic mass is 9.99. The fraction of sp³-hybridized carbons (Fsp3) is 0.308. The molecule has 2 N–H and O–H groups in total. The van der Waals surface area contributed by atoms with Gasteiger partial charge in [-0.3, -0.25) is 14.9 Å². The van der Waals surface area contributed by atoms with E-state index >= 15 is 0 Å². The zero-order valence-corrected chi connectivity index (χ0v) is 12.4. The number of nitrogens with one attached hydrogen (secondary N) is 2. The van der Waals surface area contributed by atoms with Gasteiger partial charge in [0.2, 0.25) is 0 Å². The Morgan fingerprint density at radius 3 is 2.81 bits per heavy atom. The van der Waals surface area contributed by atoms with Gasteiger partial charge in [0, 0.05) is 6.54 Å². The number of imide groups is 1. The lowest BCUT2D eigenvalue weighted by Crippen LogP contribution is -2.49. The number of hydrogen-bond donors (Lipinski definition) is 2. The Balaban J connectivity index is 1.83. The molecule has 4 amide bonds. The van der Waals surface area contributed by atoms with Crippen molar-refractivity contribution in [3.63, 3.8) is 0 Å². The topological polar surface area (TPSA) is 78.5 Å². The van der Waals surface area contributed by atoms with Gasteiger partial charge >= 0.3 is 6.03 Å². The first-order valence-corrected chi connectivity index (χ1v) is 7.09. The summed E-state index contributed by atoms with van der Waals surface area (Å²) in [6.07, 6.45) is 0.311. The number of benzene rings is 1. The van der Waals surface area contributed by atoms with Gasteiger partial charge < -0.3 is 10.2 Å². The van der Waals surface area contributed by atoms with Crippen LogP contribution >= 0.6 is 15.9 Å². The van der Waals surface area contributed by atoms with Crippen molar-refractivity contribution in [2.24, 2.45) is 0 Å². The molecule has 0 aromatic heterocycles. The van der Waals surface area contributed by atoms with E-state index in [4.69, 9.17) is 0 Å². The molecule has 1 aromatic rings. The van der Waals surface area contributed by atoms with Crippen molar-refractivity contribution in [1.82, 2.24) is 15.5 Å². The molecular weight excluding hydrogens is 345 g/mol. The molecule has 3 rings (SSSR count). The van der Waals surface area contributed by atoms with Gasteiger partial charge in [-0.15, -0.1) is 0 Å². The zero-order chi connectivity index (χ0) is 15.2. The fourth-order valence-corrected chi connectivity index (χ4v) is 3.00. The molecule has 0 bridgehead atoms. The van der Waals surface area contributed by atoms with E-state index in [9.17, 15) is 18.8 Å². The number of urea groups is 1. The normalized spacial score (nSPS) is 24.4. The van der Waals surface area contributed by atoms with Crippen molar-refractivity contribution in [1.29, 1.82) is 0 Å². The van der Waals surface area contributed by atoms with Crippen LogP contribution in [0.5, 0.6) is 0 Å². The molecule has 0 radical (unpaired) electrons. The van der Waals surface area contributed by atoms with Crippen LogP contribution in [-0.4, -0.2) is 41.4 Å². The van der Waals surface area contributed by atoms with Crippen molar-refractivity contribution in [2.45, 2.75) is 12.0 Å². The maximum absolute atomic E-state index is 14.0. The Bertz CT molecular complexity index is 666. The molecule has 2 saturated heterocycles. The van der Waals surface area contributed by atoms with Crippen molar-refractivity contribution in [3.05, 3.63) is 34.1 Å². The second-order valence-electron chi connectivity index (χ2n) is 5.07. The van der Waals surface area contributed by atoms with E-state index in [0.717, 1.165) is 0 Å². The molecule has 1 atom stereocenters. The molecule has 8 heteroatoms. The third-order valence-corrected chi connectivity index (χ3v) is 4.37. The Labute approximate surface area is 127 Å². The number of likely N-dealkylation sites (tertiary alicyclic amines) is 1. The van der Waals surface area contributed by atoms with E-state index < -0.39 is 29.2 Å². The highest BCUT2D eigenvalue weighted by Crippen LogP contribution is 2.27. The number of halogens is 2. The fourth-order valence-electron chi connectivity index (χ4n) is 2.64. The summed E-state index contributed by atoms with van der Waals surface area (Å²) < 4.78 is 14.2. The summed E-state index contributed by atoms with van der Waals surface area (Å²) in [5.74, 6) is -1.58. The minimum atomic E-state index is -1.09. The van der Waals surface area contributed by atoms with Gasteiger partial charge in [0.1, 0.15) is 11.4 Å². The summed E-state index contributed by atoms with van der Waals surface area (Å²) in [4.78, 5) is 36.8. The van der Waals surface area contributed by atoms with Crippen LogP contribution in [0.1, 0.15) is 16.8 Å². The Kier molecular flexibility index (Phi) is 3.20. The standard InChI is InChI=1S/C13H11BrFN3O3/c14-8-3-1-2-7(9(8)15)10(19)18-5-4-13(6-18)11(20)16-12(21)17-13/h1-3H,4-6H2,(H2,16,17,20,21). The predicted octanol–water partition coefficient (Wildman–Crippen LogP) is 1.01. The predicted molar refractivity (Wildman–Crippen MR) is 74.0 cm³/mol. The smallest absolute Gasteiger partial charge is 0.322 e. The quantitative estimate of drug-likeness (QED) is 0.738. The minimum Gasteiger partial charge on any atom is -0.336 e. The highest BCUT2D eigenvalue weighted by Gasteiger charge is 2.51. The molecule has 2 aliphatic rings. The summed E-state index contributed by atoms with van der Waals surface area (Å²) in [7, 11) is 0. The van der Waals surface area contributed by atoms with Gasteiger partial charge in [-0.25, -0.2) is 9.18 Å². The first kappa shape index (κ1) is 14.0. The van der Waals surface area contributed by atoms with E-state index in [1.807, 2.05) is 0 Å². The van der Waals surface area contributed by atoms with Gasteiger partial charge in [0.15, 0.2) is 0 Å². The van der Waals surface area contributed by atoms with E-state index in [0.29, 0.717) is 6.42 Å². The third-order valence-electron chi connectivity index (χ3n) is 3.75. The number of carbonyl (C=O) groups excluding carboxylic acids is 3. The molecule has 6 nitrogen and oxygen atoms in total. The van der Waals surface area contributed by atoms with Crippen molar-refractivity contribution >= 4 is 33.8 Å². The summed E-state index contributed by atoms with van der Waals surface area (Å²) in [6.45, 7) is 0.313. The summed E-state index contributed by atoms with van der Waals surface area (Å²) >= 11 is 3.03. The second-order valence-corrected chi connectivity index (χ2v) is 5.92. The van der Waals surface area contributed by atoms with Gasteiger partial charge in [-0.1, -0.05) is 6.07 Å². The van der Waals surface area contributed by atoms with Gasteiger partial charge in [0.05, 0.1) is 16.6 Å². The number of hydrogen-bond acceptors (Lipinski definition) is 3. The molecule has 2 fully saturated rings. The second kappa shape index (κ2) is 4.80. The van der Waals surface area contributed by atoms with E-state index in [2.05, 4.69) is 26.6 Å². The van der Waals surface area contributed by atoms with E-state index in [-0.39, 0.29) is 23.1 Å². The van der Waals surface area contributed by atoms with Crippen LogP contribution in [-0.2, 0) is 4.79 Å². The Morgan fingerprint density at radius 2 is 2.14 bits per heavy atom. The lowest BCUT2D eigenvalue weighted by molar-refractivity contribution is -0.123. The maximum Gasteiger partial charge on any atom is 0.322 e. The monoisotopic (exact) mass is 355 g/mol. The molecule has 0 aliphatic carbocycles. The Morgan fingerprint density at radius 1 is 1.38 bits per heavy atom. The van der Waals surface area contributed by atoms with Crippen molar-refractivity contribution in [3.8, 4) is 0 Å². The first-order valence-electron chi connectivity index (χ1n) is 6.30. The van der Waals surface area contributed by atoms with Crippen LogP contribution < -0.4 is 10.6 Å². The van der Waals surface area contributed by atoms with Crippen LogP contribution in [0.15, 0.2) is 22.7 Å². The molecule has 0 saturated carbocycles. The highest BCUT2D eigenvalue weighted by atomic mass is 79.9. The number of nitrogens with zero attached hydrogens (tertiary/aromatic N) is 1. The summed E-state index contributed by atoms with van der Waals surface area (Å²) in [5.41, 5.74) is -1.15. The van der Waals surface area contributed by atoms with Crippen molar-refractivity contribution in [2.75, 3.05) is 13.1 Å². The van der Waals surface area contributed by atoms with Gasteiger partial charge in [-0.05, 0) is 34.5 Å². The molecule has 110 valence electrons. The zero-order valence-electron chi connectivity index (χ0n) is 10.8. The van der Waals surface area contributed by atoms with Crippen LogP contribution in [0, 0.1) is 5.82 Å². The first-order chi connectivity index (χ1) is 9.93. The van der Waals surface area contributed by atoms with Crippen LogP contribution in [0.2, 0.25) is 0 Å². The minimum absolute atomic E-state index is 0.0371. The van der Waals surface area contributed by atoms with Gasteiger partial charge in [-0.2, -0.15) is 0 Å². The number of carbonyl (C=O) groups is 3. The average molecular weight is 356 g/mol. The van der Waals surface area contributed by atoms with Crippen molar-refractivity contribution < 1.29 is 18.8 Å². The maximum atomic E-state index is 14.0. The van der Waals surface area contributed by atoms with Crippen LogP contribution in [0.4, 0.5) is 9.18 Å². The largest absolute Gasteiger partial charge is 0.336 e. The molecule has 21 heavy (non-hydrogen) atoms. The molecule has 1 spiro atoms. The van der Waals surface area contributed by atoms with Gasteiger partial charge in [0.25, 0.3) is 11.8 Å². The highest BCUT2D eigenvalue weighted by molar-refractivity contribution is 9.10. The third kappa shape index (κ3) is 2.19. The molecule has 2 heterocycles. The lowest BCUT2D eigenvalue weighted by Gasteiger charge is -2.21. The Hall–Kier alpha value is -1.96. The number of rotatable bonds is 1. The van der Waals surface area contributed by atoms with E-state index in [1.165, 1.54) is 17.0 Å². The SMILES string of the molecule is O=C1NC(=O)C2(CCN(C(=O)c3cccc(Br)c3F)C2)N1. The molecule has 2 aliphatic heterocycles. The van der Waals surface area contributed by atoms with Crippen LogP contribution in [0.3, 0.4) is 0 Å².